The van der Waals surface area contributed by atoms with Crippen molar-refractivity contribution in [3.05, 3.63) is 72.6 Å². The molecule has 2 saturated heterocycles. The van der Waals surface area contributed by atoms with Crippen molar-refractivity contribution in [2.75, 3.05) is 27.2 Å². The quantitative estimate of drug-likeness (QED) is 0.232. The molecule has 2 aliphatic heterocycles. The number of hydrazine groups is 2. The van der Waals surface area contributed by atoms with Crippen LogP contribution in [0.25, 0.3) is 33.6 Å². The number of carbonyl (C=O) groups excluding carboxylic acids is 2. The Morgan fingerprint density at radius 1 is 0.625 bits per heavy atom. The van der Waals surface area contributed by atoms with E-state index in [1.807, 2.05) is 78.0 Å². The summed E-state index contributed by atoms with van der Waals surface area (Å²) in [7, 11) is 3.78. The lowest BCUT2D eigenvalue weighted by molar-refractivity contribution is -0.0325. The largest absolute Gasteiger partial charge is 0.443 e. The number of H-pyrrole nitrogens is 2. The molecule has 4 heterocycles. The fourth-order valence-corrected chi connectivity index (χ4v) is 6.20. The van der Waals surface area contributed by atoms with E-state index in [4.69, 9.17) is 9.47 Å². The number of rotatable bonds is 5. The number of nitrogens with one attached hydrogen (secondary N) is 2. The van der Waals surface area contributed by atoms with Crippen molar-refractivity contribution in [3.8, 4) is 33.6 Å². The Hall–Kier alpha value is -4.68. The first kappa shape index (κ1) is 33.2. The zero-order chi connectivity index (χ0) is 34.4. The Balaban J connectivity index is 1.12. The summed E-state index contributed by atoms with van der Waals surface area (Å²) in [6.45, 7) is 12.7. The molecule has 0 spiro atoms. The molecule has 2 fully saturated rings. The molecule has 2 aromatic carbocycles. The third-order valence-electron chi connectivity index (χ3n) is 8.49. The van der Waals surface area contributed by atoms with Crippen LogP contribution in [0.1, 0.15) is 78.1 Å². The predicted octanol–water partition coefficient (Wildman–Crippen LogP) is 7.19. The maximum absolute atomic E-state index is 12.9. The first-order valence-corrected chi connectivity index (χ1v) is 16.4. The van der Waals surface area contributed by atoms with Crippen molar-refractivity contribution in [1.82, 2.24) is 40.0 Å². The van der Waals surface area contributed by atoms with Gasteiger partial charge in [-0.2, -0.15) is 0 Å². The highest BCUT2D eigenvalue weighted by Gasteiger charge is 2.40. The van der Waals surface area contributed by atoms with Gasteiger partial charge >= 0.3 is 12.2 Å². The average Bonchev–Trinajstić information content (AvgIpc) is 3.82. The maximum atomic E-state index is 12.9. The van der Waals surface area contributed by atoms with Crippen LogP contribution in [0.15, 0.2) is 60.9 Å². The Kier molecular flexibility index (Phi) is 8.82. The summed E-state index contributed by atoms with van der Waals surface area (Å²) in [5, 5.41) is 7.08. The van der Waals surface area contributed by atoms with E-state index in [9.17, 15) is 9.59 Å². The van der Waals surface area contributed by atoms with Crippen molar-refractivity contribution >= 4 is 12.2 Å². The molecule has 0 bridgehead atoms. The second-order valence-corrected chi connectivity index (χ2v) is 14.5. The first-order chi connectivity index (χ1) is 22.7. The molecule has 0 saturated carbocycles. The predicted molar refractivity (Wildman–Crippen MR) is 183 cm³/mol. The van der Waals surface area contributed by atoms with E-state index in [1.165, 1.54) is 0 Å². The fraction of sp³-hybridized carbons (Fsp3) is 0.444. The van der Waals surface area contributed by atoms with Gasteiger partial charge in [-0.15, -0.1) is 0 Å². The second-order valence-electron chi connectivity index (χ2n) is 14.5. The van der Waals surface area contributed by atoms with Gasteiger partial charge in [0, 0.05) is 27.2 Å². The van der Waals surface area contributed by atoms with Gasteiger partial charge in [-0.1, -0.05) is 48.5 Å². The number of hydrogen-bond acceptors (Lipinski definition) is 8. The van der Waals surface area contributed by atoms with E-state index in [1.54, 1.807) is 10.0 Å². The van der Waals surface area contributed by atoms with E-state index in [-0.39, 0.29) is 24.3 Å². The molecular weight excluding hydrogens is 608 g/mol. The zero-order valence-electron chi connectivity index (χ0n) is 29.1. The van der Waals surface area contributed by atoms with Gasteiger partial charge in [-0.05, 0) is 76.6 Å². The molecule has 0 unspecified atom stereocenters. The topological polar surface area (TPSA) is 123 Å². The monoisotopic (exact) mass is 654 g/mol. The number of hydrogen-bond donors (Lipinski definition) is 2. The maximum Gasteiger partial charge on any atom is 0.425 e. The van der Waals surface area contributed by atoms with Gasteiger partial charge in [0.1, 0.15) is 34.9 Å². The van der Waals surface area contributed by atoms with Gasteiger partial charge in [-0.25, -0.2) is 39.6 Å². The van der Waals surface area contributed by atoms with Gasteiger partial charge < -0.3 is 19.4 Å². The van der Waals surface area contributed by atoms with Gasteiger partial charge in [0.25, 0.3) is 0 Å². The molecule has 48 heavy (non-hydrogen) atoms. The number of benzene rings is 2. The fourth-order valence-electron chi connectivity index (χ4n) is 6.20. The van der Waals surface area contributed by atoms with Crippen LogP contribution >= 0.6 is 0 Å². The van der Waals surface area contributed by atoms with Crippen LogP contribution in [0.3, 0.4) is 0 Å². The Morgan fingerprint density at radius 3 is 1.29 bits per heavy atom. The van der Waals surface area contributed by atoms with Crippen molar-refractivity contribution in [1.29, 1.82) is 0 Å². The van der Waals surface area contributed by atoms with E-state index < -0.39 is 11.2 Å². The lowest BCUT2D eigenvalue weighted by atomic mass is 10.0. The van der Waals surface area contributed by atoms with Crippen LogP contribution < -0.4 is 0 Å². The highest BCUT2D eigenvalue weighted by atomic mass is 16.6. The SMILES string of the molecule is CN1CC[C@@H](c2ncc(-c3ccc(-c4ccc(-c5cnc([C@@H]6CCN(C)N6C(=O)OC(C)(C)C)[nH]5)cc4)cc3)[nH]2)N1C(=O)OC(C)(C)C. The Morgan fingerprint density at radius 2 is 0.958 bits per heavy atom. The molecule has 2 aromatic heterocycles. The summed E-state index contributed by atoms with van der Waals surface area (Å²) in [6, 6.07) is 16.2. The number of carbonyl (C=O) groups is 2. The van der Waals surface area contributed by atoms with Gasteiger partial charge in [0.15, 0.2) is 0 Å². The Labute approximate surface area is 282 Å². The van der Waals surface area contributed by atoms with Crippen LogP contribution in [0.5, 0.6) is 0 Å². The molecule has 6 rings (SSSR count). The van der Waals surface area contributed by atoms with Crippen LogP contribution in [0.2, 0.25) is 0 Å². The Bertz CT molecular complexity index is 1620. The number of ether oxygens (including phenoxy) is 2. The van der Waals surface area contributed by atoms with E-state index in [2.05, 4.69) is 68.5 Å². The highest BCUT2D eigenvalue weighted by Crippen LogP contribution is 2.35. The van der Waals surface area contributed by atoms with Crippen molar-refractivity contribution in [3.63, 3.8) is 0 Å². The smallest absolute Gasteiger partial charge is 0.425 e. The number of aromatic amines is 2. The summed E-state index contributed by atoms with van der Waals surface area (Å²) < 4.78 is 11.3. The van der Waals surface area contributed by atoms with E-state index >= 15 is 0 Å². The third-order valence-corrected chi connectivity index (χ3v) is 8.49. The van der Waals surface area contributed by atoms with E-state index in [0.717, 1.165) is 71.2 Å². The molecule has 0 radical (unpaired) electrons. The molecule has 2 atom stereocenters. The second kappa shape index (κ2) is 12.7. The van der Waals surface area contributed by atoms with E-state index in [0.29, 0.717) is 0 Å². The lowest BCUT2D eigenvalue weighted by Gasteiger charge is -2.31. The van der Waals surface area contributed by atoms with Gasteiger partial charge in [-0.3, -0.25) is 0 Å². The normalized spacial score (nSPS) is 19.2. The zero-order valence-corrected chi connectivity index (χ0v) is 29.1. The van der Waals surface area contributed by atoms with Crippen molar-refractivity contribution in [2.45, 2.75) is 77.7 Å². The summed E-state index contributed by atoms with van der Waals surface area (Å²) in [5.74, 6) is 1.47. The van der Waals surface area contributed by atoms with Crippen LogP contribution in [-0.4, -0.2) is 90.5 Å². The number of imidazole rings is 2. The minimum atomic E-state index is -0.580. The molecule has 254 valence electrons. The molecule has 12 heteroatoms. The van der Waals surface area contributed by atoms with Crippen LogP contribution in [-0.2, 0) is 9.47 Å². The minimum Gasteiger partial charge on any atom is -0.443 e. The number of nitrogens with zero attached hydrogens (tertiary/aromatic N) is 6. The summed E-state index contributed by atoms with van der Waals surface area (Å²) in [4.78, 5) is 42.1. The molecule has 2 aliphatic rings. The molecule has 2 amide bonds. The molecular formula is C36H46N8O4. The number of amides is 2. The molecule has 2 N–H and O–H groups in total. The standard InChI is InChI=1S/C36H46N8O4/c1-35(2,3)47-33(45)43-29(17-19-41(43)7)31-37-21-27(39-31)25-13-9-23(10-14-25)24-11-15-26(16-12-24)28-22-38-32(40-28)30-18-20-42(8)44(30)34(46)48-36(4,5)6/h9-16,21-22,29-30H,17-20H2,1-8H3,(H,37,39)(H,38,40)/t29-,30-/m0/s1. The molecule has 12 nitrogen and oxygen atoms in total. The van der Waals surface area contributed by atoms with Gasteiger partial charge in [0.2, 0.25) is 0 Å². The summed E-state index contributed by atoms with van der Waals surface area (Å²) in [6.07, 6.45) is 4.42. The van der Waals surface area contributed by atoms with Crippen LogP contribution in [0.4, 0.5) is 9.59 Å². The lowest BCUT2D eigenvalue weighted by Crippen LogP contribution is -2.43. The first-order valence-electron chi connectivity index (χ1n) is 16.4. The molecule has 4 aromatic rings. The number of aromatic nitrogens is 4. The van der Waals surface area contributed by atoms with Gasteiger partial charge in [0.05, 0.1) is 23.8 Å². The van der Waals surface area contributed by atoms with Crippen LogP contribution in [0, 0.1) is 0 Å². The average molecular weight is 655 g/mol. The molecule has 0 aliphatic carbocycles. The highest BCUT2D eigenvalue weighted by molar-refractivity contribution is 5.72. The van der Waals surface area contributed by atoms with Crippen molar-refractivity contribution in [2.24, 2.45) is 0 Å². The van der Waals surface area contributed by atoms with Crippen molar-refractivity contribution < 1.29 is 19.1 Å². The summed E-state index contributed by atoms with van der Waals surface area (Å²) >= 11 is 0. The third kappa shape index (κ3) is 7.09. The minimum absolute atomic E-state index is 0.217. The summed E-state index contributed by atoms with van der Waals surface area (Å²) in [5.41, 5.74) is 4.81.